The highest BCUT2D eigenvalue weighted by Crippen LogP contribution is 2.32. The summed E-state index contributed by atoms with van der Waals surface area (Å²) < 4.78 is 50.6. The van der Waals surface area contributed by atoms with Crippen LogP contribution < -0.4 is 20.1 Å². The van der Waals surface area contributed by atoms with E-state index in [4.69, 9.17) is 9.47 Å². The number of carbonyl (C=O) groups is 2. The molecule has 0 saturated heterocycles. The first-order valence-electron chi connectivity index (χ1n) is 11.6. The molecule has 0 spiro atoms. The molecule has 37 heavy (non-hydrogen) atoms. The maximum Gasteiger partial charge on any atom is 0.416 e. The van der Waals surface area contributed by atoms with Gasteiger partial charge in [0.25, 0.3) is 5.91 Å². The molecule has 4 rings (SSSR count). The number of alkyl halides is 3. The van der Waals surface area contributed by atoms with E-state index >= 15 is 0 Å². The Hall–Kier alpha value is -4.21. The summed E-state index contributed by atoms with van der Waals surface area (Å²) in [5.41, 5.74) is 1.20. The number of nitrogens with one attached hydrogen (secondary N) is 2. The monoisotopic (exact) mass is 513 g/mol. The second kappa shape index (κ2) is 10.8. The summed E-state index contributed by atoms with van der Waals surface area (Å²) in [5, 5.41) is 5.47. The number of rotatable bonds is 6. The predicted octanol–water partition coefficient (Wildman–Crippen LogP) is 6.06. The summed E-state index contributed by atoms with van der Waals surface area (Å²) in [6.07, 6.45) is -4.87. The molecule has 2 N–H and O–H groups in total. The number of ether oxygens (including phenoxy) is 2. The van der Waals surface area contributed by atoms with Crippen LogP contribution in [0.25, 0.3) is 0 Å². The minimum atomic E-state index is -4.48. The lowest BCUT2D eigenvalue weighted by Crippen LogP contribution is -2.38. The van der Waals surface area contributed by atoms with Crippen LogP contribution in [-0.4, -0.2) is 30.1 Å². The van der Waals surface area contributed by atoms with E-state index in [0.717, 1.165) is 12.1 Å². The van der Waals surface area contributed by atoms with Gasteiger partial charge in [0.2, 0.25) is 0 Å². The van der Waals surface area contributed by atoms with Gasteiger partial charge in [0.15, 0.2) is 6.10 Å². The van der Waals surface area contributed by atoms with Gasteiger partial charge in [0.1, 0.15) is 11.5 Å². The summed E-state index contributed by atoms with van der Waals surface area (Å²) in [4.78, 5) is 27.1. The van der Waals surface area contributed by atoms with Crippen LogP contribution in [0.1, 0.15) is 30.0 Å². The summed E-state index contributed by atoms with van der Waals surface area (Å²) in [6, 6.07) is 16.3. The van der Waals surface area contributed by atoms with Crippen molar-refractivity contribution >= 4 is 23.3 Å². The van der Waals surface area contributed by atoms with Crippen molar-refractivity contribution in [3.8, 4) is 11.5 Å². The Morgan fingerprint density at radius 3 is 2.49 bits per heavy atom. The van der Waals surface area contributed by atoms with Crippen molar-refractivity contribution < 1.29 is 32.2 Å². The van der Waals surface area contributed by atoms with E-state index in [0.29, 0.717) is 40.4 Å². The zero-order valence-corrected chi connectivity index (χ0v) is 20.3. The topological polar surface area (TPSA) is 79.9 Å². The number of urea groups is 1. The fraction of sp³-hybridized carbons (Fsp3) is 0.259. The minimum Gasteiger partial charge on any atom is -0.497 e. The highest BCUT2D eigenvalue weighted by molar-refractivity contribution is 6.00. The summed E-state index contributed by atoms with van der Waals surface area (Å²) >= 11 is 0. The zero-order valence-electron chi connectivity index (χ0n) is 20.3. The number of halogens is 3. The number of carbonyl (C=O) groups excluding carboxylic acids is 2. The van der Waals surface area contributed by atoms with Gasteiger partial charge in [-0.25, -0.2) is 4.79 Å². The lowest BCUT2D eigenvalue weighted by molar-refractivity contribution is -0.139. The molecule has 3 aromatic carbocycles. The quantitative estimate of drug-likeness (QED) is 0.420. The SMILES string of the molecule is CC[C@@H]1Oc2ccc(NC(=O)Nc3cccc(OC)c3)cc2CN(Cc2cccc(C(F)(F)F)c2)C1=O. The molecule has 0 unspecified atom stereocenters. The molecule has 194 valence electrons. The van der Waals surface area contributed by atoms with E-state index in [2.05, 4.69) is 10.6 Å². The molecule has 1 atom stereocenters. The molecule has 3 amide bonds. The number of hydrogen-bond acceptors (Lipinski definition) is 4. The van der Waals surface area contributed by atoms with Crippen molar-refractivity contribution in [2.75, 3.05) is 17.7 Å². The van der Waals surface area contributed by atoms with Crippen LogP contribution in [0.4, 0.5) is 29.3 Å². The van der Waals surface area contributed by atoms with Crippen molar-refractivity contribution in [3.63, 3.8) is 0 Å². The second-order valence-electron chi connectivity index (χ2n) is 8.54. The van der Waals surface area contributed by atoms with Gasteiger partial charge in [0, 0.05) is 36.1 Å². The van der Waals surface area contributed by atoms with Gasteiger partial charge < -0.3 is 25.0 Å². The number of benzene rings is 3. The fourth-order valence-electron chi connectivity index (χ4n) is 4.04. The van der Waals surface area contributed by atoms with Crippen molar-refractivity contribution in [1.82, 2.24) is 4.90 Å². The number of amides is 3. The normalized spacial score (nSPS) is 15.3. The van der Waals surface area contributed by atoms with Crippen molar-refractivity contribution in [2.24, 2.45) is 0 Å². The molecule has 0 saturated carbocycles. The van der Waals surface area contributed by atoms with E-state index in [1.165, 1.54) is 18.1 Å². The van der Waals surface area contributed by atoms with Crippen LogP contribution in [0.3, 0.4) is 0 Å². The average molecular weight is 514 g/mol. The van der Waals surface area contributed by atoms with Crippen LogP contribution in [0, 0.1) is 0 Å². The lowest BCUT2D eigenvalue weighted by Gasteiger charge is -2.23. The molecule has 0 bridgehead atoms. The van der Waals surface area contributed by atoms with Gasteiger partial charge in [0.05, 0.1) is 12.7 Å². The maximum atomic E-state index is 13.2. The Labute approximate surface area is 212 Å². The molecular formula is C27H26F3N3O4. The van der Waals surface area contributed by atoms with Crippen LogP contribution in [0.2, 0.25) is 0 Å². The van der Waals surface area contributed by atoms with Crippen molar-refractivity contribution in [1.29, 1.82) is 0 Å². The lowest BCUT2D eigenvalue weighted by atomic mass is 10.1. The molecule has 1 aliphatic rings. The first-order valence-corrected chi connectivity index (χ1v) is 11.6. The summed E-state index contributed by atoms with van der Waals surface area (Å²) in [6.45, 7) is 1.89. The molecule has 3 aromatic rings. The first-order chi connectivity index (χ1) is 17.7. The summed E-state index contributed by atoms with van der Waals surface area (Å²) in [7, 11) is 1.53. The molecule has 0 aromatic heterocycles. The second-order valence-corrected chi connectivity index (χ2v) is 8.54. The fourth-order valence-corrected chi connectivity index (χ4v) is 4.04. The van der Waals surface area contributed by atoms with Crippen LogP contribution in [-0.2, 0) is 24.1 Å². The highest BCUT2D eigenvalue weighted by atomic mass is 19.4. The minimum absolute atomic E-state index is 0.0178. The van der Waals surface area contributed by atoms with E-state index in [1.54, 1.807) is 55.5 Å². The molecule has 0 aliphatic carbocycles. The molecular weight excluding hydrogens is 487 g/mol. The number of methoxy groups -OCH3 is 1. The van der Waals surface area contributed by atoms with Gasteiger partial charge in [-0.3, -0.25) is 4.79 Å². The van der Waals surface area contributed by atoms with Crippen LogP contribution in [0.5, 0.6) is 11.5 Å². The van der Waals surface area contributed by atoms with E-state index < -0.39 is 23.9 Å². The predicted molar refractivity (Wildman–Crippen MR) is 132 cm³/mol. The molecule has 1 heterocycles. The van der Waals surface area contributed by atoms with Gasteiger partial charge in [-0.1, -0.05) is 25.1 Å². The standard InChI is InChI=1S/C27H26F3N3O4/c1-3-23-25(34)33(15-17-6-4-7-19(12-17)27(28,29)30)16-18-13-21(10-11-24(18)37-23)32-26(35)31-20-8-5-9-22(14-20)36-2/h4-14,23H,3,15-16H2,1-2H3,(H2,31,32,35)/t23-/m0/s1. The molecule has 7 nitrogen and oxygen atoms in total. The third kappa shape index (κ3) is 6.32. The molecule has 0 fully saturated rings. The molecule has 10 heteroatoms. The van der Waals surface area contributed by atoms with Gasteiger partial charge in [-0.05, 0) is 54.4 Å². The molecule has 0 radical (unpaired) electrons. The Morgan fingerprint density at radius 2 is 1.78 bits per heavy atom. The third-order valence-electron chi connectivity index (χ3n) is 5.86. The van der Waals surface area contributed by atoms with Crippen LogP contribution in [0.15, 0.2) is 66.7 Å². The maximum absolute atomic E-state index is 13.2. The largest absolute Gasteiger partial charge is 0.497 e. The zero-order chi connectivity index (χ0) is 26.6. The van der Waals surface area contributed by atoms with Gasteiger partial charge >= 0.3 is 12.2 Å². The third-order valence-corrected chi connectivity index (χ3v) is 5.86. The smallest absolute Gasteiger partial charge is 0.416 e. The van der Waals surface area contributed by atoms with Crippen LogP contribution >= 0.6 is 0 Å². The van der Waals surface area contributed by atoms with E-state index in [-0.39, 0.29) is 19.0 Å². The average Bonchev–Trinajstić information content (AvgIpc) is 2.99. The Kier molecular flexibility index (Phi) is 7.56. The van der Waals surface area contributed by atoms with Crippen molar-refractivity contribution in [3.05, 3.63) is 83.4 Å². The van der Waals surface area contributed by atoms with Crippen molar-refractivity contribution in [2.45, 2.75) is 38.7 Å². The Morgan fingerprint density at radius 1 is 1.05 bits per heavy atom. The highest BCUT2D eigenvalue weighted by Gasteiger charge is 2.32. The number of fused-ring (bicyclic) bond motifs is 1. The van der Waals surface area contributed by atoms with Gasteiger partial charge in [-0.2, -0.15) is 13.2 Å². The Balaban J connectivity index is 1.53. The first kappa shape index (κ1) is 25.9. The van der Waals surface area contributed by atoms with E-state index in [9.17, 15) is 22.8 Å². The number of anilines is 2. The van der Waals surface area contributed by atoms with E-state index in [1.807, 2.05) is 0 Å². The van der Waals surface area contributed by atoms with Gasteiger partial charge in [-0.15, -0.1) is 0 Å². The Bertz CT molecular complexity index is 1300. The molecule has 1 aliphatic heterocycles. The number of hydrogen-bond donors (Lipinski definition) is 2. The number of nitrogens with zero attached hydrogens (tertiary/aromatic N) is 1. The summed E-state index contributed by atoms with van der Waals surface area (Å²) in [5.74, 6) is 0.753.